The second kappa shape index (κ2) is 8.47. The predicted molar refractivity (Wildman–Crippen MR) is 102 cm³/mol. The molecule has 0 aliphatic rings. The number of esters is 1. The average molecular weight is 381 g/mol. The first kappa shape index (κ1) is 19.3. The smallest absolute Gasteiger partial charge is 0.328 e. The largest absolute Gasteiger partial charge is 0.467 e. The maximum Gasteiger partial charge on any atom is 0.328 e. The third kappa shape index (κ3) is 4.43. The number of amides is 1. The Morgan fingerprint density at radius 1 is 1.14 bits per heavy atom. The lowest BCUT2D eigenvalue weighted by atomic mass is 10.1. The molecule has 28 heavy (non-hydrogen) atoms. The van der Waals surface area contributed by atoms with E-state index in [-0.39, 0.29) is 18.1 Å². The number of halogens is 1. The summed E-state index contributed by atoms with van der Waals surface area (Å²) in [5.41, 5.74) is 2.19. The van der Waals surface area contributed by atoms with E-state index in [1.54, 1.807) is 18.3 Å². The number of rotatable bonds is 6. The molecule has 1 atom stereocenters. The number of aromatic nitrogens is 2. The molecule has 0 saturated carbocycles. The molecule has 144 valence electrons. The first-order chi connectivity index (χ1) is 13.5. The van der Waals surface area contributed by atoms with Crippen molar-refractivity contribution >= 4 is 11.9 Å². The van der Waals surface area contributed by atoms with Crippen LogP contribution in [0.2, 0.25) is 0 Å². The van der Waals surface area contributed by atoms with Crippen LogP contribution >= 0.6 is 0 Å². The Kier molecular flexibility index (Phi) is 5.84. The van der Waals surface area contributed by atoms with E-state index in [9.17, 15) is 14.0 Å². The number of benzene rings is 2. The Hall–Kier alpha value is -3.48. The zero-order chi connectivity index (χ0) is 20.1. The van der Waals surface area contributed by atoms with Crippen LogP contribution in [-0.4, -0.2) is 34.6 Å². The Bertz CT molecular complexity index is 968. The van der Waals surface area contributed by atoms with Gasteiger partial charge in [-0.15, -0.1) is 0 Å². The van der Waals surface area contributed by atoms with Gasteiger partial charge in [0.2, 0.25) is 5.91 Å². The zero-order valence-electron chi connectivity index (χ0n) is 15.6. The van der Waals surface area contributed by atoms with E-state index in [1.807, 2.05) is 34.9 Å². The number of hydrogen-bond donors (Lipinski definition) is 1. The predicted octanol–water partition coefficient (Wildman–Crippen LogP) is 2.90. The van der Waals surface area contributed by atoms with E-state index in [0.29, 0.717) is 11.5 Å². The van der Waals surface area contributed by atoms with Crippen molar-refractivity contribution in [2.24, 2.45) is 0 Å². The van der Waals surface area contributed by atoms with Gasteiger partial charge in [-0.25, -0.2) is 14.2 Å². The number of hydrogen-bond acceptors (Lipinski definition) is 4. The molecule has 0 bridgehead atoms. The third-order valence-electron chi connectivity index (χ3n) is 4.17. The minimum Gasteiger partial charge on any atom is -0.467 e. The van der Waals surface area contributed by atoms with Crippen molar-refractivity contribution in [1.29, 1.82) is 0 Å². The number of carbonyl (C=O) groups excluding carboxylic acids is 2. The van der Waals surface area contributed by atoms with Crippen LogP contribution in [0.3, 0.4) is 0 Å². The highest BCUT2D eigenvalue weighted by Gasteiger charge is 2.23. The zero-order valence-corrected chi connectivity index (χ0v) is 15.6. The summed E-state index contributed by atoms with van der Waals surface area (Å²) < 4.78 is 19.9. The highest BCUT2D eigenvalue weighted by atomic mass is 19.1. The lowest BCUT2D eigenvalue weighted by Crippen LogP contribution is -2.42. The SMILES string of the molecule is COC(=O)[C@H](Cc1cn(-c2ccc(F)cc2)c(-c2ccccc2)n1)NC(C)=O. The molecule has 1 heterocycles. The lowest BCUT2D eigenvalue weighted by molar-refractivity contribution is -0.144. The topological polar surface area (TPSA) is 73.2 Å². The second-order valence-corrected chi connectivity index (χ2v) is 6.25. The maximum absolute atomic E-state index is 13.3. The van der Waals surface area contributed by atoms with E-state index < -0.39 is 12.0 Å². The van der Waals surface area contributed by atoms with Gasteiger partial charge < -0.3 is 10.1 Å². The fraction of sp³-hybridized carbons (Fsp3) is 0.190. The monoisotopic (exact) mass is 381 g/mol. The quantitative estimate of drug-likeness (QED) is 0.667. The van der Waals surface area contributed by atoms with E-state index in [0.717, 1.165) is 11.3 Å². The molecule has 6 nitrogen and oxygen atoms in total. The molecule has 2 aromatic carbocycles. The van der Waals surface area contributed by atoms with Gasteiger partial charge in [0.05, 0.1) is 12.8 Å². The second-order valence-electron chi connectivity index (χ2n) is 6.25. The fourth-order valence-electron chi connectivity index (χ4n) is 2.91. The van der Waals surface area contributed by atoms with E-state index in [4.69, 9.17) is 4.74 Å². The third-order valence-corrected chi connectivity index (χ3v) is 4.17. The van der Waals surface area contributed by atoms with Crippen LogP contribution in [0.15, 0.2) is 60.8 Å². The maximum atomic E-state index is 13.3. The van der Waals surface area contributed by atoms with Crippen LogP contribution in [0.5, 0.6) is 0 Å². The van der Waals surface area contributed by atoms with Crippen LogP contribution in [0.1, 0.15) is 12.6 Å². The summed E-state index contributed by atoms with van der Waals surface area (Å²) in [7, 11) is 1.27. The fourth-order valence-corrected chi connectivity index (χ4v) is 2.91. The molecule has 0 radical (unpaired) electrons. The standard InChI is InChI=1S/C21H20FN3O3/c1-14(26)23-19(21(27)28-2)12-17-13-25(18-10-8-16(22)9-11-18)20(24-17)15-6-4-3-5-7-15/h3-11,13,19H,12H2,1-2H3,(H,23,26)/t19-/m0/s1. The van der Waals surface area contributed by atoms with Crippen LogP contribution in [0, 0.1) is 5.82 Å². The van der Waals surface area contributed by atoms with Crippen molar-refractivity contribution < 1.29 is 18.7 Å². The van der Waals surface area contributed by atoms with Crippen molar-refractivity contribution in [1.82, 2.24) is 14.9 Å². The summed E-state index contributed by atoms with van der Waals surface area (Å²) in [5, 5.41) is 2.58. The van der Waals surface area contributed by atoms with Gasteiger partial charge in [0.25, 0.3) is 0 Å². The summed E-state index contributed by atoms with van der Waals surface area (Å²) in [4.78, 5) is 28.1. The number of nitrogens with zero attached hydrogens (tertiary/aromatic N) is 2. The Balaban J connectivity index is 2.02. The summed E-state index contributed by atoms with van der Waals surface area (Å²) in [5.74, 6) is -0.570. The van der Waals surface area contributed by atoms with Crippen LogP contribution in [-0.2, 0) is 20.7 Å². The number of nitrogens with one attached hydrogen (secondary N) is 1. The molecular weight excluding hydrogens is 361 g/mol. The highest BCUT2D eigenvalue weighted by molar-refractivity contribution is 5.83. The molecule has 0 fully saturated rings. The Labute approximate surface area is 162 Å². The molecular formula is C21H20FN3O3. The van der Waals surface area contributed by atoms with Crippen LogP contribution in [0.4, 0.5) is 4.39 Å². The summed E-state index contributed by atoms with van der Waals surface area (Å²) in [6.07, 6.45) is 1.94. The number of imidazole rings is 1. The minimum absolute atomic E-state index is 0.167. The average Bonchev–Trinajstić information content (AvgIpc) is 3.11. The summed E-state index contributed by atoms with van der Waals surface area (Å²) >= 11 is 0. The highest BCUT2D eigenvalue weighted by Crippen LogP contribution is 2.24. The van der Waals surface area contributed by atoms with Gasteiger partial charge in [0.15, 0.2) is 0 Å². The van der Waals surface area contributed by atoms with Crippen LogP contribution < -0.4 is 5.32 Å². The summed E-state index contributed by atoms with van der Waals surface area (Å²) in [6, 6.07) is 14.7. The lowest BCUT2D eigenvalue weighted by Gasteiger charge is -2.13. The summed E-state index contributed by atoms with van der Waals surface area (Å²) in [6.45, 7) is 1.34. The molecule has 0 saturated heterocycles. The Morgan fingerprint density at radius 2 is 1.82 bits per heavy atom. The molecule has 1 N–H and O–H groups in total. The van der Waals surface area contributed by atoms with Crippen LogP contribution in [0.25, 0.3) is 17.1 Å². The first-order valence-electron chi connectivity index (χ1n) is 8.72. The van der Waals surface area contributed by atoms with Crippen molar-refractivity contribution in [2.45, 2.75) is 19.4 Å². The van der Waals surface area contributed by atoms with Gasteiger partial charge in [-0.3, -0.25) is 9.36 Å². The van der Waals surface area contributed by atoms with Gasteiger partial charge in [-0.2, -0.15) is 0 Å². The van der Waals surface area contributed by atoms with Crippen molar-refractivity contribution in [3.05, 3.63) is 72.3 Å². The van der Waals surface area contributed by atoms with Gasteiger partial charge in [-0.05, 0) is 24.3 Å². The van der Waals surface area contributed by atoms with Gasteiger partial charge in [0, 0.05) is 30.8 Å². The Morgan fingerprint density at radius 3 is 2.43 bits per heavy atom. The molecule has 0 aliphatic carbocycles. The van der Waals surface area contributed by atoms with E-state index in [2.05, 4.69) is 10.3 Å². The van der Waals surface area contributed by atoms with Crippen molar-refractivity contribution in [3.63, 3.8) is 0 Å². The van der Waals surface area contributed by atoms with Gasteiger partial charge >= 0.3 is 5.97 Å². The molecule has 3 rings (SSSR count). The minimum atomic E-state index is -0.845. The molecule has 0 spiro atoms. The van der Waals surface area contributed by atoms with Crippen molar-refractivity contribution in [3.8, 4) is 17.1 Å². The molecule has 3 aromatic rings. The number of methoxy groups -OCH3 is 1. The van der Waals surface area contributed by atoms with E-state index >= 15 is 0 Å². The molecule has 0 unspecified atom stereocenters. The first-order valence-corrected chi connectivity index (χ1v) is 8.72. The number of ether oxygens (including phenoxy) is 1. The molecule has 1 amide bonds. The van der Waals surface area contributed by atoms with E-state index in [1.165, 1.54) is 26.2 Å². The molecule has 1 aromatic heterocycles. The van der Waals surface area contributed by atoms with Gasteiger partial charge in [0.1, 0.15) is 17.7 Å². The normalized spacial score (nSPS) is 11.7. The van der Waals surface area contributed by atoms with Gasteiger partial charge in [-0.1, -0.05) is 30.3 Å². The van der Waals surface area contributed by atoms with Crippen molar-refractivity contribution in [2.75, 3.05) is 7.11 Å². The molecule has 7 heteroatoms. The number of carbonyl (C=O) groups is 2. The molecule has 0 aliphatic heterocycles.